The number of hydrogen-bond donors (Lipinski definition) is 1. The molecule has 0 amide bonds. The zero-order chi connectivity index (χ0) is 11.5. The van der Waals surface area contributed by atoms with Crippen LogP contribution in [-0.2, 0) is 0 Å². The summed E-state index contributed by atoms with van der Waals surface area (Å²) in [4.78, 5) is 14.9. The highest BCUT2D eigenvalue weighted by atomic mass is 16.4. The molecule has 2 rings (SSSR count). The van der Waals surface area contributed by atoms with Gasteiger partial charge in [0.25, 0.3) is 0 Å². The van der Waals surface area contributed by atoms with Crippen LogP contribution in [0.2, 0.25) is 0 Å². The summed E-state index contributed by atoms with van der Waals surface area (Å²) >= 11 is 0. The van der Waals surface area contributed by atoms with E-state index in [4.69, 9.17) is 5.11 Å². The van der Waals surface area contributed by atoms with E-state index in [1.54, 1.807) is 12.3 Å². The minimum Gasteiger partial charge on any atom is -0.478 e. The predicted octanol–water partition coefficient (Wildman–Crippen LogP) is 2.76. The van der Waals surface area contributed by atoms with Crippen LogP contribution in [0.25, 0.3) is 11.1 Å². The Kier molecular flexibility index (Phi) is 2.68. The fraction of sp³-hybridized carbons (Fsp3) is 0.0769. The molecule has 0 fully saturated rings. The molecular weight excluding hydrogens is 202 g/mol. The van der Waals surface area contributed by atoms with Gasteiger partial charge in [0, 0.05) is 12.4 Å². The molecule has 1 aromatic heterocycles. The maximum Gasteiger partial charge on any atom is 0.337 e. The Morgan fingerprint density at radius 3 is 2.81 bits per heavy atom. The topological polar surface area (TPSA) is 50.2 Å². The van der Waals surface area contributed by atoms with Crippen LogP contribution >= 0.6 is 0 Å². The number of pyridine rings is 1. The van der Waals surface area contributed by atoms with Gasteiger partial charge in [0.05, 0.1) is 5.56 Å². The molecule has 2 aromatic rings. The van der Waals surface area contributed by atoms with Crippen LogP contribution < -0.4 is 0 Å². The summed E-state index contributed by atoms with van der Waals surface area (Å²) in [5.74, 6) is -0.954. The molecule has 0 saturated carbocycles. The zero-order valence-corrected chi connectivity index (χ0v) is 8.84. The fourth-order valence-corrected chi connectivity index (χ4v) is 1.63. The van der Waals surface area contributed by atoms with Gasteiger partial charge in [-0.1, -0.05) is 29.8 Å². The fourth-order valence-electron chi connectivity index (χ4n) is 1.63. The van der Waals surface area contributed by atoms with Crippen molar-refractivity contribution in [3.8, 4) is 11.1 Å². The van der Waals surface area contributed by atoms with Crippen LogP contribution in [0.3, 0.4) is 0 Å². The molecule has 1 N–H and O–H groups in total. The molecule has 0 aliphatic heterocycles. The second-order valence-electron chi connectivity index (χ2n) is 3.60. The van der Waals surface area contributed by atoms with Gasteiger partial charge in [-0.3, -0.25) is 4.98 Å². The van der Waals surface area contributed by atoms with Gasteiger partial charge < -0.3 is 5.11 Å². The summed E-state index contributed by atoms with van der Waals surface area (Å²) in [6.45, 7) is 1.98. The van der Waals surface area contributed by atoms with E-state index in [0.717, 1.165) is 11.1 Å². The predicted molar refractivity (Wildman–Crippen MR) is 61.4 cm³/mol. The van der Waals surface area contributed by atoms with Gasteiger partial charge in [0.2, 0.25) is 0 Å². The Morgan fingerprint density at radius 2 is 2.12 bits per heavy atom. The molecule has 0 radical (unpaired) electrons. The summed E-state index contributed by atoms with van der Waals surface area (Å²) in [5.41, 5.74) is 2.93. The molecule has 0 spiro atoms. The quantitative estimate of drug-likeness (QED) is 0.834. The van der Waals surface area contributed by atoms with Gasteiger partial charge in [-0.2, -0.15) is 0 Å². The Bertz CT molecular complexity index is 535. The van der Waals surface area contributed by atoms with Crippen molar-refractivity contribution in [3.05, 3.63) is 53.9 Å². The zero-order valence-electron chi connectivity index (χ0n) is 8.84. The van der Waals surface area contributed by atoms with Crippen molar-refractivity contribution in [1.82, 2.24) is 4.98 Å². The first-order valence-electron chi connectivity index (χ1n) is 4.93. The standard InChI is InChI=1S/C13H11NO2/c1-9-3-2-4-10(7-9)11-5-6-14-8-12(11)13(15)16/h2-8H,1H3,(H,15,16). The number of nitrogens with zero attached hydrogens (tertiary/aromatic N) is 1. The van der Waals surface area contributed by atoms with Crippen LogP contribution in [0.1, 0.15) is 15.9 Å². The van der Waals surface area contributed by atoms with Crippen LogP contribution in [0.5, 0.6) is 0 Å². The number of rotatable bonds is 2. The first-order valence-corrected chi connectivity index (χ1v) is 4.93. The van der Waals surface area contributed by atoms with Crippen molar-refractivity contribution < 1.29 is 9.90 Å². The second-order valence-corrected chi connectivity index (χ2v) is 3.60. The molecule has 1 aromatic carbocycles. The van der Waals surface area contributed by atoms with Gasteiger partial charge in [-0.05, 0) is 24.1 Å². The van der Waals surface area contributed by atoms with E-state index in [1.165, 1.54) is 6.20 Å². The maximum absolute atomic E-state index is 11.0. The van der Waals surface area contributed by atoms with Crippen LogP contribution in [0.15, 0.2) is 42.7 Å². The minimum absolute atomic E-state index is 0.230. The highest BCUT2D eigenvalue weighted by molar-refractivity contribution is 5.95. The molecule has 0 bridgehead atoms. The Balaban J connectivity index is 2.60. The van der Waals surface area contributed by atoms with Crippen molar-refractivity contribution in [2.75, 3.05) is 0 Å². The third kappa shape index (κ3) is 1.93. The molecule has 0 aliphatic rings. The number of carboxylic acid groups (broad SMARTS) is 1. The van der Waals surface area contributed by atoms with Crippen molar-refractivity contribution in [1.29, 1.82) is 0 Å². The number of aromatic carboxylic acids is 1. The van der Waals surface area contributed by atoms with E-state index in [2.05, 4.69) is 4.98 Å². The Labute approximate surface area is 93.4 Å². The monoisotopic (exact) mass is 213 g/mol. The minimum atomic E-state index is -0.954. The van der Waals surface area contributed by atoms with Crippen molar-refractivity contribution in [2.45, 2.75) is 6.92 Å². The first kappa shape index (κ1) is 10.4. The number of hydrogen-bond acceptors (Lipinski definition) is 2. The maximum atomic E-state index is 11.0. The van der Waals surface area contributed by atoms with E-state index in [-0.39, 0.29) is 5.56 Å². The lowest BCUT2D eigenvalue weighted by atomic mass is 10.0. The Hall–Kier alpha value is -2.16. The number of aromatic nitrogens is 1. The molecule has 16 heavy (non-hydrogen) atoms. The number of carboxylic acids is 1. The largest absolute Gasteiger partial charge is 0.478 e. The normalized spacial score (nSPS) is 10.1. The molecule has 80 valence electrons. The van der Waals surface area contributed by atoms with Gasteiger partial charge in [0.15, 0.2) is 0 Å². The van der Waals surface area contributed by atoms with E-state index < -0.39 is 5.97 Å². The highest BCUT2D eigenvalue weighted by Gasteiger charge is 2.10. The molecular formula is C13H11NO2. The van der Waals surface area contributed by atoms with Crippen molar-refractivity contribution in [2.24, 2.45) is 0 Å². The first-order chi connectivity index (χ1) is 7.68. The van der Waals surface area contributed by atoms with E-state index in [0.29, 0.717) is 5.56 Å². The SMILES string of the molecule is Cc1cccc(-c2ccncc2C(=O)O)c1. The molecule has 3 nitrogen and oxygen atoms in total. The summed E-state index contributed by atoms with van der Waals surface area (Å²) in [5, 5.41) is 9.06. The lowest BCUT2D eigenvalue weighted by molar-refractivity contribution is 0.0697. The van der Waals surface area contributed by atoms with E-state index >= 15 is 0 Å². The number of benzene rings is 1. The van der Waals surface area contributed by atoms with Crippen LogP contribution in [0, 0.1) is 6.92 Å². The average molecular weight is 213 g/mol. The summed E-state index contributed by atoms with van der Waals surface area (Å²) in [6, 6.07) is 9.47. The van der Waals surface area contributed by atoms with Gasteiger partial charge in [-0.15, -0.1) is 0 Å². The summed E-state index contributed by atoms with van der Waals surface area (Å²) in [7, 11) is 0. The number of carbonyl (C=O) groups is 1. The molecule has 0 saturated heterocycles. The second kappa shape index (κ2) is 4.14. The van der Waals surface area contributed by atoms with Crippen LogP contribution in [0.4, 0.5) is 0 Å². The molecule has 3 heteroatoms. The molecule has 1 heterocycles. The smallest absolute Gasteiger partial charge is 0.337 e. The molecule has 0 atom stereocenters. The lowest BCUT2D eigenvalue weighted by Crippen LogP contribution is -2.00. The van der Waals surface area contributed by atoms with Gasteiger partial charge >= 0.3 is 5.97 Å². The van der Waals surface area contributed by atoms with E-state index in [1.807, 2.05) is 31.2 Å². The molecule has 0 aliphatic carbocycles. The van der Waals surface area contributed by atoms with Gasteiger partial charge in [-0.25, -0.2) is 4.79 Å². The van der Waals surface area contributed by atoms with Gasteiger partial charge in [0.1, 0.15) is 0 Å². The van der Waals surface area contributed by atoms with Crippen molar-refractivity contribution in [3.63, 3.8) is 0 Å². The van der Waals surface area contributed by atoms with Crippen molar-refractivity contribution >= 4 is 5.97 Å². The number of aryl methyl sites for hydroxylation is 1. The highest BCUT2D eigenvalue weighted by Crippen LogP contribution is 2.23. The van der Waals surface area contributed by atoms with Crippen LogP contribution in [-0.4, -0.2) is 16.1 Å². The summed E-state index contributed by atoms with van der Waals surface area (Å²) < 4.78 is 0. The Morgan fingerprint density at radius 1 is 1.31 bits per heavy atom. The average Bonchev–Trinajstić information content (AvgIpc) is 2.29. The third-order valence-electron chi connectivity index (χ3n) is 2.38. The third-order valence-corrected chi connectivity index (χ3v) is 2.38. The summed E-state index contributed by atoms with van der Waals surface area (Å²) in [6.07, 6.45) is 2.98. The lowest BCUT2D eigenvalue weighted by Gasteiger charge is -2.05. The molecule has 0 unspecified atom stereocenters. The van der Waals surface area contributed by atoms with E-state index in [9.17, 15) is 4.79 Å².